The van der Waals surface area contributed by atoms with Crippen LogP contribution >= 0.6 is 11.8 Å². The van der Waals surface area contributed by atoms with Crippen molar-refractivity contribution >= 4 is 11.8 Å². The predicted octanol–water partition coefficient (Wildman–Crippen LogP) is 3.02. The van der Waals surface area contributed by atoms with Gasteiger partial charge in [0, 0.05) is 18.1 Å². The Hall–Kier alpha value is -0.510. The van der Waals surface area contributed by atoms with Gasteiger partial charge in [0.25, 0.3) is 0 Å². The minimum atomic E-state index is 0.612. The molecule has 3 heteroatoms. The van der Waals surface area contributed by atoms with Crippen molar-refractivity contribution in [1.82, 2.24) is 0 Å². The number of ether oxygens (including phenoxy) is 1. The van der Waals surface area contributed by atoms with Gasteiger partial charge in [0.05, 0.1) is 13.2 Å². The maximum atomic E-state index is 5.34. The molecule has 0 radical (unpaired) electrons. The second kappa shape index (κ2) is 8.56. The molecule has 0 saturated heterocycles. The molecule has 0 aromatic heterocycles. The maximum absolute atomic E-state index is 5.34. The topological polar surface area (TPSA) is 35.2 Å². The van der Waals surface area contributed by atoms with Gasteiger partial charge >= 0.3 is 0 Å². The van der Waals surface area contributed by atoms with Gasteiger partial charge in [0.1, 0.15) is 0 Å². The zero-order valence-corrected chi connectivity index (χ0v) is 11.6. The van der Waals surface area contributed by atoms with E-state index < -0.39 is 0 Å². The summed E-state index contributed by atoms with van der Waals surface area (Å²) in [4.78, 5) is 0. The Morgan fingerprint density at radius 1 is 1.18 bits per heavy atom. The number of hydrogen-bond acceptors (Lipinski definition) is 3. The highest BCUT2D eigenvalue weighted by molar-refractivity contribution is 7.98. The van der Waals surface area contributed by atoms with Crippen LogP contribution in [0.2, 0.25) is 0 Å². The zero-order valence-electron chi connectivity index (χ0n) is 10.8. The first-order valence-corrected chi connectivity index (χ1v) is 7.34. The predicted molar refractivity (Wildman–Crippen MR) is 76.6 cm³/mol. The van der Waals surface area contributed by atoms with Gasteiger partial charge < -0.3 is 10.5 Å². The molecule has 2 N–H and O–H groups in total. The molecule has 0 saturated carbocycles. The molecule has 96 valence electrons. The molecule has 0 unspecified atom stereocenters. The lowest BCUT2D eigenvalue weighted by atomic mass is 10.0. The molecule has 0 bridgehead atoms. The number of hydrogen-bond donors (Lipinski definition) is 1. The molecule has 0 aliphatic heterocycles. The molecule has 0 heterocycles. The van der Waals surface area contributed by atoms with E-state index in [1.165, 1.54) is 11.1 Å². The highest BCUT2D eigenvalue weighted by Gasteiger charge is 1.99. The highest BCUT2D eigenvalue weighted by atomic mass is 32.2. The molecule has 1 aromatic rings. The summed E-state index contributed by atoms with van der Waals surface area (Å²) in [6, 6.07) is 8.91. The SMILES string of the molecule is CC(C)c1ccc(CSCCOCCN)cc1. The molecular weight excluding hydrogens is 230 g/mol. The Bertz CT molecular complexity index is 298. The Morgan fingerprint density at radius 2 is 1.88 bits per heavy atom. The van der Waals surface area contributed by atoms with Crippen molar-refractivity contribution in [2.45, 2.75) is 25.5 Å². The Kier molecular flexibility index (Phi) is 7.33. The van der Waals surface area contributed by atoms with Gasteiger partial charge in [-0.05, 0) is 17.0 Å². The molecule has 17 heavy (non-hydrogen) atoms. The van der Waals surface area contributed by atoms with Crippen LogP contribution in [0.15, 0.2) is 24.3 Å². The van der Waals surface area contributed by atoms with Crippen molar-refractivity contribution in [2.75, 3.05) is 25.5 Å². The van der Waals surface area contributed by atoms with E-state index in [0.717, 1.165) is 18.1 Å². The van der Waals surface area contributed by atoms with Crippen LogP contribution in [0.25, 0.3) is 0 Å². The van der Waals surface area contributed by atoms with Crippen molar-refractivity contribution in [1.29, 1.82) is 0 Å². The van der Waals surface area contributed by atoms with Gasteiger partial charge in [0.2, 0.25) is 0 Å². The Balaban J connectivity index is 2.19. The third-order valence-electron chi connectivity index (χ3n) is 2.55. The van der Waals surface area contributed by atoms with Crippen molar-refractivity contribution in [3.63, 3.8) is 0 Å². The van der Waals surface area contributed by atoms with Gasteiger partial charge in [-0.25, -0.2) is 0 Å². The average molecular weight is 253 g/mol. The van der Waals surface area contributed by atoms with E-state index in [-0.39, 0.29) is 0 Å². The van der Waals surface area contributed by atoms with Crippen molar-refractivity contribution in [2.24, 2.45) is 5.73 Å². The number of benzene rings is 1. The van der Waals surface area contributed by atoms with Crippen LogP contribution in [0.3, 0.4) is 0 Å². The van der Waals surface area contributed by atoms with E-state index in [2.05, 4.69) is 38.1 Å². The van der Waals surface area contributed by atoms with E-state index >= 15 is 0 Å². The number of rotatable bonds is 8. The van der Waals surface area contributed by atoms with Crippen LogP contribution in [0, 0.1) is 0 Å². The molecular formula is C14H23NOS. The molecule has 0 spiro atoms. The summed E-state index contributed by atoms with van der Waals surface area (Å²) < 4.78 is 5.33. The Labute approximate surface area is 109 Å². The van der Waals surface area contributed by atoms with E-state index in [4.69, 9.17) is 10.5 Å². The minimum absolute atomic E-state index is 0.612. The fraction of sp³-hybridized carbons (Fsp3) is 0.571. The van der Waals surface area contributed by atoms with Gasteiger partial charge in [-0.1, -0.05) is 38.1 Å². The van der Waals surface area contributed by atoms with Crippen molar-refractivity contribution < 1.29 is 4.74 Å². The largest absolute Gasteiger partial charge is 0.379 e. The lowest BCUT2D eigenvalue weighted by Gasteiger charge is -2.07. The van der Waals surface area contributed by atoms with E-state index in [1.54, 1.807) is 0 Å². The summed E-state index contributed by atoms with van der Waals surface area (Å²) >= 11 is 1.91. The molecule has 2 nitrogen and oxygen atoms in total. The summed E-state index contributed by atoms with van der Waals surface area (Å²) in [5.41, 5.74) is 8.14. The molecule has 0 aliphatic carbocycles. The van der Waals surface area contributed by atoms with Crippen LogP contribution in [0.5, 0.6) is 0 Å². The van der Waals surface area contributed by atoms with Gasteiger partial charge in [-0.15, -0.1) is 0 Å². The van der Waals surface area contributed by atoms with Gasteiger partial charge in [-0.2, -0.15) is 11.8 Å². The van der Waals surface area contributed by atoms with Crippen LogP contribution < -0.4 is 5.73 Å². The third-order valence-corrected chi connectivity index (χ3v) is 3.54. The molecule has 0 aliphatic rings. The fourth-order valence-corrected chi connectivity index (χ4v) is 2.30. The lowest BCUT2D eigenvalue weighted by molar-refractivity contribution is 0.158. The van der Waals surface area contributed by atoms with Crippen LogP contribution in [0.1, 0.15) is 30.9 Å². The molecule has 0 fully saturated rings. The molecule has 1 rings (SSSR count). The van der Waals surface area contributed by atoms with E-state index in [1.807, 2.05) is 11.8 Å². The van der Waals surface area contributed by atoms with Gasteiger partial charge in [0.15, 0.2) is 0 Å². The first-order valence-electron chi connectivity index (χ1n) is 6.18. The summed E-state index contributed by atoms with van der Waals surface area (Å²) in [7, 11) is 0. The normalized spacial score (nSPS) is 11.1. The van der Waals surface area contributed by atoms with Gasteiger partial charge in [-0.3, -0.25) is 0 Å². The number of nitrogens with two attached hydrogens (primary N) is 1. The summed E-state index contributed by atoms with van der Waals surface area (Å²) in [5, 5.41) is 0. The zero-order chi connectivity index (χ0) is 12.5. The van der Waals surface area contributed by atoms with E-state index in [0.29, 0.717) is 19.1 Å². The quantitative estimate of drug-likeness (QED) is 0.723. The minimum Gasteiger partial charge on any atom is -0.379 e. The smallest absolute Gasteiger partial charge is 0.0589 e. The fourth-order valence-electron chi connectivity index (χ4n) is 1.49. The Morgan fingerprint density at radius 3 is 2.47 bits per heavy atom. The van der Waals surface area contributed by atoms with E-state index in [9.17, 15) is 0 Å². The van der Waals surface area contributed by atoms with Crippen LogP contribution in [-0.4, -0.2) is 25.5 Å². The lowest BCUT2D eigenvalue weighted by Crippen LogP contribution is -2.09. The standard InChI is InChI=1S/C14H23NOS/c1-12(2)14-5-3-13(4-6-14)11-17-10-9-16-8-7-15/h3-6,12H,7-11,15H2,1-2H3. The molecule has 0 atom stereocenters. The molecule has 0 amide bonds. The average Bonchev–Trinajstić information content (AvgIpc) is 2.34. The summed E-state index contributed by atoms with van der Waals surface area (Å²) in [6.45, 7) is 6.52. The first kappa shape index (κ1) is 14.6. The third kappa shape index (κ3) is 6.10. The summed E-state index contributed by atoms with van der Waals surface area (Å²) in [6.07, 6.45) is 0. The molecule has 1 aromatic carbocycles. The second-order valence-electron chi connectivity index (χ2n) is 4.35. The highest BCUT2D eigenvalue weighted by Crippen LogP contribution is 2.17. The number of thioether (sulfide) groups is 1. The van der Waals surface area contributed by atoms with Crippen LogP contribution in [-0.2, 0) is 10.5 Å². The van der Waals surface area contributed by atoms with Crippen LogP contribution in [0.4, 0.5) is 0 Å². The maximum Gasteiger partial charge on any atom is 0.0589 e. The second-order valence-corrected chi connectivity index (χ2v) is 5.46. The summed E-state index contributed by atoms with van der Waals surface area (Å²) in [5.74, 6) is 2.71. The first-order chi connectivity index (χ1) is 8.24. The monoisotopic (exact) mass is 253 g/mol. The van der Waals surface area contributed by atoms with Crippen molar-refractivity contribution in [3.05, 3.63) is 35.4 Å². The van der Waals surface area contributed by atoms with Crippen molar-refractivity contribution in [3.8, 4) is 0 Å².